The number of amides is 2. The highest BCUT2D eigenvalue weighted by Gasteiger charge is 2.28. The van der Waals surface area contributed by atoms with Gasteiger partial charge in [0.2, 0.25) is 0 Å². The van der Waals surface area contributed by atoms with Crippen molar-refractivity contribution in [1.29, 1.82) is 0 Å². The molecule has 0 aromatic carbocycles. The molecular weight excluding hydrogens is 226 g/mol. The van der Waals surface area contributed by atoms with E-state index in [-0.39, 0.29) is 6.04 Å². The number of likely N-dealkylation sites (tertiary alicyclic amines) is 1. The molecular formula is C10H19N3O4. The van der Waals surface area contributed by atoms with Gasteiger partial charge in [0.05, 0.1) is 6.10 Å². The van der Waals surface area contributed by atoms with Gasteiger partial charge < -0.3 is 26.2 Å². The molecule has 1 saturated heterocycles. The number of piperidine rings is 1. The molecule has 7 nitrogen and oxygen atoms in total. The van der Waals surface area contributed by atoms with E-state index >= 15 is 0 Å². The quantitative estimate of drug-likeness (QED) is 0.506. The summed E-state index contributed by atoms with van der Waals surface area (Å²) in [7, 11) is 0. The summed E-state index contributed by atoms with van der Waals surface area (Å²) in [5, 5.41) is 20.4. The molecule has 17 heavy (non-hydrogen) atoms. The van der Waals surface area contributed by atoms with Crippen LogP contribution >= 0.6 is 0 Å². The molecule has 0 saturated carbocycles. The van der Waals surface area contributed by atoms with Gasteiger partial charge in [-0.25, -0.2) is 9.59 Å². The van der Waals surface area contributed by atoms with Crippen molar-refractivity contribution in [3.05, 3.63) is 0 Å². The van der Waals surface area contributed by atoms with Crippen LogP contribution in [0.15, 0.2) is 0 Å². The molecule has 0 spiro atoms. The zero-order valence-corrected chi connectivity index (χ0v) is 9.80. The number of carboxylic acids is 1. The number of urea groups is 1. The standard InChI is InChI=1S/C10H19N3O4/c1-6(14)8(9(15)16)12-10(17)13-4-2-3-7(11)5-13/h6-8,14H,2-5,11H2,1H3,(H,12,17)(H,15,16)/t6-,7?,8+/m1/s1. The minimum atomic E-state index is -1.29. The molecule has 1 rings (SSSR count). The second-order valence-corrected chi connectivity index (χ2v) is 4.35. The molecule has 0 aromatic rings. The van der Waals surface area contributed by atoms with Crippen LogP contribution < -0.4 is 11.1 Å². The maximum atomic E-state index is 11.7. The number of carbonyl (C=O) groups excluding carboxylic acids is 1. The van der Waals surface area contributed by atoms with Crippen molar-refractivity contribution in [1.82, 2.24) is 10.2 Å². The van der Waals surface area contributed by atoms with Gasteiger partial charge in [-0.1, -0.05) is 0 Å². The third-order valence-electron chi connectivity index (χ3n) is 2.77. The molecule has 0 aliphatic carbocycles. The van der Waals surface area contributed by atoms with E-state index < -0.39 is 24.1 Å². The molecule has 5 N–H and O–H groups in total. The van der Waals surface area contributed by atoms with E-state index in [1.54, 1.807) is 0 Å². The predicted molar refractivity (Wildman–Crippen MR) is 60.4 cm³/mol. The second kappa shape index (κ2) is 5.83. The number of hydrogen-bond acceptors (Lipinski definition) is 4. The lowest BCUT2D eigenvalue weighted by Gasteiger charge is -2.32. The fraction of sp³-hybridized carbons (Fsp3) is 0.800. The van der Waals surface area contributed by atoms with E-state index in [9.17, 15) is 14.7 Å². The van der Waals surface area contributed by atoms with Gasteiger partial charge in [-0.3, -0.25) is 0 Å². The number of nitrogens with zero attached hydrogens (tertiary/aromatic N) is 1. The van der Waals surface area contributed by atoms with Gasteiger partial charge in [0, 0.05) is 19.1 Å². The molecule has 1 fully saturated rings. The van der Waals surface area contributed by atoms with Crippen molar-refractivity contribution in [2.45, 2.75) is 38.0 Å². The minimum absolute atomic E-state index is 0.0654. The Morgan fingerprint density at radius 3 is 2.65 bits per heavy atom. The SMILES string of the molecule is C[C@@H](O)[C@H](NC(=O)N1CCCC(N)C1)C(=O)O. The summed E-state index contributed by atoms with van der Waals surface area (Å²) in [4.78, 5) is 24.0. The van der Waals surface area contributed by atoms with Crippen molar-refractivity contribution >= 4 is 12.0 Å². The van der Waals surface area contributed by atoms with Gasteiger partial charge in [-0.15, -0.1) is 0 Å². The monoisotopic (exact) mass is 245 g/mol. The number of aliphatic carboxylic acids is 1. The molecule has 1 heterocycles. The van der Waals surface area contributed by atoms with Gasteiger partial charge in [0.15, 0.2) is 6.04 Å². The highest BCUT2D eigenvalue weighted by Crippen LogP contribution is 2.08. The summed E-state index contributed by atoms with van der Waals surface area (Å²) in [5.74, 6) is -1.25. The Hall–Kier alpha value is -1.34. The number of nitrogens with one attached hydrogen (secondary N) is 1. The largest absolute Gasteiger partial charge is 0.480 e. The van der Waals surface area contributed by atoms with Crippen LogP contribution in [0.3, 0.4) is 0 Å². The van der Waals surface area contributed by atoms with Gasteiger partial charge in [0.1, 0.15) is 0 Å². The third-order valence-corrected chi connectivity index (χ3v) is 2.77. The molecule has 1 unspecified atom stereocenters. The lowest BCUT2D eigenvalue weighted by Crippen LogP contribution is -2.55. The Morgan fingerprint density at radius 2 is 2.18 bits per heavy atom. The minimum Gasteiger partial charge on any atom is -0.480 e. The lowest BCUT2D eigenvalue weighted by atomic mass is 10.1. The summed E-state index contributed by atoms with van der Waals surface area (Å²) in [6.45, 7) is 2.30. The predicted octanol–water partition coefficient (Wildman–Crippen LogP) is -1.05. The van der Waals surface area contributed by atoms with E-state index in [0.29, 0.717) is 13.1 Å². The average molecular weight is 245 g/mol. The number of aliphatic hydroxyl groups is 1. The number of carbonyl (C=O) groups is 2. The molecule has 0 radical (unpaired) electrons. The maximum Gasteiger partial charge on any atom is 0.328 e. The summed E-state index contributed by atoms with van der Waals surface area (Å²) < 4.78 is 0. The average Bonchev–Trinajstić information content (AvgIpc) is 2.24. The number of rotatable bonds is 3. The van der Waals surface area contributed by atoms with Crippen LogP contribution in [0.2, 0.25) is 0 Å². The number of aliphatic hydroxyl groups excluding tert-OH is 1. The highest BCUT2D eigenvalue weighted by atomic mass is 16.4. The van der Waals surface area contributed by atoms with Crippen LogP contribution in [0.4, 0.5) is 4.79 Å². The summed E-state index contributed by atoms with van der Waals surface area (Å²) in [6, 6.07) is -1.85. The van der Waals surface area contributed by atoms with Crippen LogP contribution in [-0.4, -0.2) is 58.4 Å². The van der Waals surface area contributed by atoms with Crippen LogP contribution in [0.1, 0.15) is 19.8 Å². The molecule has 3 atom stereocenters. The number of carboxylic acid groups (broad SMARTS) is 1. The van der Waals surface area contributed by atoms with Crippen LogP contribution in [0.5, 0.6) is 0 Å². The van der Waals surface area contributed by atoms with Crippen LogP contribution in [0, 0.1) is 0 Å². The Kier molecular flexibility index (Phi) is 4.71. The fourth-order valence-electron chi connectivity index (χ4n) is 1.81. The van der Waals surface area contributed by atoms with Gasteiger partial charge in [-0.2, -0.15) is 0 Å². The molecule has 0 bridgehead atoms. The van der Waals surface area contributed by atoms with Crippen LogP contribution in [0.25, 0.3) is 0 Å². The molecule has 1 aliphatic rings. The zero-order valence-electron chi connectivity index (χ0n) is 9.80. The molecule has 7 heteroatoms. The van der Waals surface area contributed by atoms with Gasteiger partial charge in [0.25, 0.3) is 0 Å². The van der Waals surface area contributed by atoms with E-state index in [0.717, 1.165) is 12.8 Å². The normalized spacial score (nSPS) is 23.9. The number of nitrogens with two attached hydrogens (primary N) is 1. The van der Waals surface area contributed by atoms with Crippen molar-refractivity contribution in [2.75, 3.05) is 13.1 Å². The van der Waals surface area contributed by atoms with Crippen molar-refractivity contribution < 1.29 is 19.8 Å². The Balaban J connectivity index is 2.54. The first-order chi connectivity index (χ1) is 7.91. The third kappa shape index (κ3) is 3.86. The summed E-state index contributed by atoms with van der Waals surface area (Å²) >= 11 is 0. The molecule has 1 aliphatic heterocycles. The second-order valence-electron chi connectivity index (χ2n) is 4.35. The van der Waals surface area contributed by atoms with E-state index in [2.05, 4.69) is 5.32 Å². The first-order valence-corrected chi connectivity index (χ1v) is 5.63. The number of hydrogen-bond donors (Lipinski definition) is 4. The summed E-state index contributed by atoms with van der Waals surface area (Å²) in [5.41, 5.74) is 5.73. The Labute approximate surface area is 99.6 Å². The van der Waals surface area contributed by atoms with E-state index in [1.807, 2.05) is 0 Å². The Bertz CT molecular complexity index is 295. The summed E-state index contributed by atoms with van der Waals surface area (Å²) in [6.07, 6.45) is 0.527. The first-order valence-electron chi connectivity index (χ1n) is 5.63. The van der Waals surface area contributed by atoms with E-state index in [4.69, 9.17) is 10.8 Å². The zero-order chi connectivity index (χ0) is 13.0. The molecule has 0 aromatic heterocycles. The lowest BCUT2D eigenvalue weighted by molar-refractivity contribution is -0.141. The maximum absolute atomic E-state index is 11.7. The first kappa shape index (κ1) is 13.7. The molecule has 2 amide bonds. The fourth-order valence-corrected chi connectivity index (χ4v) is 1.81. The van der Waals surface area contributed by atoms with Crippen molar-refractivity contribution in [2.24, 2.45) is 5.73 Å². The van der Waals surface area contributed by atoms with Gasteiger partial charge in [-0.05, 0) is 19.8 Å². The Morgan fingerprint density at radius 1 is 1.53 bits per heavy atom. The van der Waals surface area contributed by atoms with Crippen molar-refractivity contribution in [3.8, 4) is 0 Å². The van der Waals surface area contributed by atoms with Crippen LogP contribution in [-0.2, 0) is 4.79 Å². The van der Waals surface area contributed by atoms with Crippen molar-refractivity contribution in [3.63, 3.8) is 0 Å². The smallest absolute Gasteiger partial charge is 0.328 e. The van der Waals surface area contributed by atoms with Gasteiger partial charge >= 0.3 is 12.0 Å². The van der Waals surface area contributed by atoms with E-state index in [1.165, 1.54) is 11.8 Å². The molecule has 98 valence electrons. The highest BCUT2D eigenvalue weighted by molar-refractivity contribution is 5.83. The topological polar surface area (TPSA) is 116 Å².